The second kappa shape index (κ2) is 3.29. The highest BCUT2D eigenvalue weighted by atomic mass is 16.5. The summed E-state index contributed by atoms with van der Waals surface area (Å²) < 4.78 is 5.13. The van der Waals surface area contributed by atoms with Gasteiger partial charge < -0.3 is 9.84 Å². The summed E-state index contributed by atoms with van der Waals surface area (Å²) in [5, 5.41) is 9.66. The van der Waals surface area contributed by atoms with Gasteiger partial charge in [-0.1, -0.05) is 6.42 Å². The van der Waals surface area contributed by atoms with Crippen LogP contribution in [0.5, 0.6) is 0 Å². The summed E-state index contributed by atoms with van der Waals surface area (Å²) in [6.45, 7) is 1.93. The Balaban J connectivity index is 2.13. The molecule has 0 amide bonds. The van der Waals surface area contributed by atoms with E-state index >= 15 is 0 Å². The number of carbonyl (C=O) groups is 1. The van der Waals surface area contributed by atoms with Gasteiger partial charge in [0.25, 0.3) is 0 Å². The molecule has 2 aliphatic rings. The fraction of sp³-hybridized carbons (Fsp3) is 0.900. The van der Waals surface area contributed by atoms with Crippen LogP contribution in [0.3, 0.4) is 0 Å². The molecular weight excluding hydrogens is 168 g/mol. The molecule has 1 saturated carbocycles. The van der Waals surface area contributed by atoms with Crippen molar-refractivity contribution in [3.8, 4) is 0 Å². The van der Waals surface area contributed by atoms with Crippen LogP contribution in [0.1, 0.15) is 32.6 Å². The molecule has 0 spiro atoms. The van der Waals surface area contributed by atoms with Crippen molar-refractivity contribution >= 4 is 5.97 Å². The zero-order valence-electron chi connectivity index (χ0n) is 7.90. The molecule has 13 heavy (non-hydrogen) atoms. The smallest absolute Gasteiger partial charge is 0.312 e. The topological polar surface area (TPSA) is 46.5 Å². The molecule has 0 aromatic rings. The van der Waals surface area contributed by atoms with Crippen molar-refractivity contribution in [1.82, 2.24) is 0 Å². The lowest BCUT2D eigenvalue weighted by atomic mass is 9.73. The second-order valence-electron chi connectivity index (χ2n) is 4.27. The minimum absolute atomic E-state index is 0.0408. The molecule has 1 N–H and O–H groups in total. The first-order valence-corrected chi connectivity index (χ1v) is 5.07. The standard InChI is InChI=1S/C10H16O3/c1-6-5-7-3-2-4-8(11)9(7)10(12)13-6/h6-9,11H,2-5H2,1H3/t6-,7?,8+,9?/m0/s1. The summed E-state index contributed by atoms with van der Waals surface area (Å²) in [5.74, 6) is -0.0547. The first-order chi connectivity index (χ1) is 6.18. The maximum absolute atomic E-state index is 11.5. The first kappa shape index (κ1) is 9.00. The van der Waals surface area contributed by atoms with Crippen LogP contribution in [0, 0.1) is 11.8 Å². The van der Waals surface area contributed by atoms with Gasteiger partial charge in [0.15, 0.2) is 0 Å². The van der Waals surface area contributed by atoms with Crippen LogP contribution in [0.15, 0.2) is 0 Å². The van der Waals surface area contributed by atoms with Gasteiger partial charge in [0.1, 0.15) is 0 Å². The summed E-state index contributed by atoms with van der Waals surface area (Å²) in [7, 11) is 0. The molecule has 0 aromatic carbocycles. The van der Waals surface area contributed by atoms with E-state index in [-0.39, 0.29) is 18.0 Å². The van der Waals surface area contributed by atoms with Crippen LogP contribution in [0.4, 0.5) is 0 Å². The maximum Gasteiger partial charge on any atom is 0.312 e. The molecular formula is C10H16O3. The van der Waals surface area contributed by atoms with Gasteiger partial charge in [0, 0.05) is 0 Å². The minimum atomic E-state index is -0.459. The summed E-state index contributed by atoms with van der Waals surface area (Å²) in [6, 6.07) is 0. The molecule has 1 saturated heterocycles. The van der Waals surface area contributed by atoms with E-state index in [2.05, 4.69) is 0 Å². The average molecular weight is 184 g/mol. The van der Waals surface area contributed by atoms with Crippen LogP contribution in [0.25, 0.3) is 0 Å². The average Bonchev–Trinajstić information content (AvgIpc) is 2.02. The van der Waals surface area contributed by atoms with Gasteiger partial charge in [-0.3, -0.25) is 4.79 Å². The molecule has 74 valence electrons. The quantitative estimate of drug-likeness (QED) is 0.573. The van der Waals surface area contributed by atoms with Gasteiger partial charge in [-0.25, -0.2) is 0 Å². The van der Waals surface area contributed by atoms with E-state index in [0.29, 0.717) is 5.92 Å². The van der Waals surface area contributed by atoms with Gasteiger partial charge in [0.2, 0.25) is 0 Å². The fourth-order valence-electron chi connectivity index (χ4n) is 2.63. The Kier molecular flexibility index (Phi) is 2.28. The Hall–Kier alpha value is -0.570. The molecule has 4 atom stereocenters. The van der Waals surface area contributed by atoms with E-state index in [4.69, 9.17) is 4.74 Å². The third-order valence-electron chi connectivity index (χ3n) is 3.22. The Morgan fingerprint density at radius 1 is 1.46 bits per heavy atom. The van der Waals surface area contributed by atoms with Crippen LogP contribution in [-0.2, 0) is 9.53 Å². The lowest BCUT2D eigenvalue weighted by molar-refractivity contribution is -0.173. The van der Waals surface area contributed by atoms with Gasteiger partial charge in [-0.15, -0.1) is 0 Å². The fourth-order valence-corrected chi connectivity index (χ4v) is 2.63. The summed E-state index contributed by atoms with van der Waals surface area (Å²) in [5.41, 5.74) is 0. The van der Waals surface area contributed by atoms with Crippen molar-refractivity contribution in [2.75, 3.05) is 0 Å². The van der Waals surface area contributed by atoms with Crippen molar-refractivity contribution in [3.63, 3.8) is 0 Å². The Bertz CT molecular complexity index is 214. The molecule has 3 heteroatoms. The van der Waals surface area contributed by atoms with E-state index in [1.807, 2.05) is 6.92 Å². The van der Waals surface area contributed by atoms with Crippen molar-refractivity contribution < 1.29 is 14.6 Å². The van der Waals surface area contributed by atoms with Crippen LogP contribution < -0.4 is 0 Å². The number of esters is 1. The SMILES string of the molecule is C[C@H]1CC2CCC[C@@H](O)C2C(=O)O1. The van der Waals surface area contributed by atoms with E-state index in [1.54, 1.807) is 0 Å². The van der Waals surface area contributed by atoms with Gasteiger partial charge in [-0.05, 0) is 32.1 Å². The summed E-state index contributed by atoms with van der Waals surface area (Å²) in [4.78, 5) is 11.5. The molecule has 0 radical (unpaired) electrons. The highest BCUT2D eigenvalue weighted by Crippen LogP contribution is 2.38. The number of fused-ring (bicyclic) bond motifs is 1. The van der Waals surface area contributed by atoms with Gasteiger partial charge in [-0.2, -0.15) is 0 Å². The molecule has 0 bridgehead atoms. The van der Waals surface area contributed by atoms with Gasteiger partial charge in [0.05, 0.1) is 18.1 Å². The monoisotopic (exact) mass is 184 g/mol. The second-order valence-corrected chi connectivity index (χ2v) is 4.27. The summed E-state index contributed by atoms with van der Waals surface area (Å²) in [6.07, 6.45) is 3.37. The Labute approximate surface area is 78.1 Å². The Morgan fingerprint density at radius 2 is 2.23 bits per heavy atom. The number of rotatable bonds is 0. The number of cyclic esters (lactones) is 1. The number of carbonyl (C=O) groups excluding carboxylic acids is 1. The van der Waals surface area contributed by atoms with E-state index in [9.17, 15) is 9.90 Å². The number of hydrogen-bond donors (Lipinski definition) is 1. The summed E-state index contributed by atoms with van der Waals surface area (Å²) >= 11 is 0. The maximum atomic E-state index is 11.5. The van der Waals surface area contributed by atoms with E-state index in [0.717, 1.165) is 25.7 Å². The third kappa shape index (κ3) is 1.57. The third-order valence-corrected chi connectivity index (χ3v) is 3.22. The molecule has 1 heterocycles. The van der Waals surface area contributed by atoms with E-state index < -0.39 is 6.10 Å². The normalized spacial score (nSPS) is 45.2. The predicted molar refractivity (Wildman–Crippen MR) is 47.0 cm³/mol. The van der Waals surface area contributed by atoms with Crippen molar-refractivity contribution in [2.45, 2.75) is 44.8 Å². The number of aliphatic hydroxyl groups excluding tert-OH is 1. The van der Waals surface area contributed by atoms with Crippen molar-refractivity contribution in [3.05, 3.63) is 0 Å². The van der Waals surface area contributed by atoms with Crippen molar-refractivity contribution in [1.29, 1.82) is 0 Å². The lowest BCUT2D eigenvalue weighted by Gasteiger charge is -2.39. The highest BCUT2D eigenvalue weighted by Gasteiger charge is 2.43. The molecule has 1 aliphatic heterocycles. The van der Waals surface area contributed by atoms with Gasteiger partial charge >= 0.3 is 5.97 Å². The molecule has 1 aliphatic carbocycles. The number of ether oxygens (including phenoxy) is 1. The zero-order valence-corrected chi connectivity index (χ0v) is 7.90. The van der Waals surface area contributed by atoms with Crippen LogP contribution in [-0.4, -0.2) is 23.3 Å². The molecule has 2 unspecified atom stereocenters. The van der Waals surface area contributed by atoms with Crippen LogP contribution in [0.2, 0.25) is 0 Å². The lowest BCUT2D eigenvalue weighted by Crippen LogP contribution is -2.45. The zero-order chi connectivity index (χ0) is 9.42. The molecule has 0 aromatic heterocycles. The van der Waals surface area contributed by atoms with E-state index in [1.165, 1.54) is 0 Å². The minimum Gasteiger partial charge on any atom is -0.462 e. The Morgan fingerprint density at radius 3 is 3.00 bits per heavy atom. The number of hydrogen-bond acceptors (Lipinski definition) is 3. The molecule has 3 nitrogen and oxygen atoms in total. The van der Waals surface area contributed by atoms with Crippen LogP contribution >= 0.6 is 0 Å². The van der Waals surface area contributed by atoms with Crippen molar-refractivity contribution in [2.24, 2.45) is 11.8 Å². The molecule has 2 rings (SSSR count). The predicted octanol–water partition coefficient (Wildman–Crippen LogP) is 1.10. The number of aliphatic hydroxyl groups is 1. The first-order valence-electron chi connectivity index (χ1n) is 5.07. The highest BCUT2D eigenvalue weighted by molar-refractivity contribution is 5.74. The largest absolute Gasteiger partial charge is 0.462 e. The molecule has 2 fully saturated rings.